The molecule has 0 radical (unpaired) electrons. The van der Waals surface area contributed by atoms with Crippen molar-refractivity contribution < 1.29 is 8.42 Å². The highest BCUT2D eigenvalue weighted by Crippen LogP contribution is 2.30. The van der Waals surface area contributed by atoms with Gasteiger partial charge in [-0.3, -0.25) is 9.71 Å². The molecule has 1 aromatic carbocycles. The second-order valence-electron chi connectivity index (χ2n) is 6.47. The van der Waals surface area contributed by atoms with Crippen LogP contribution in [0.3, 0.4) is 0 Å². The molecule has 5 nitrogen and oxygen atoms in total. The molecule has 6 heteroatoms. The summed E-state index contributed by atoms with van der Waals surface area (Å²) in [7, 11) is -3.54. The van der Waals surface area contributed by atoms with E-state index in [2.05, 4.69) is 28.5 Å². The van der Waals surface area contributed by atoms with Gasteiger partial charge in [-0.25, -0.2) is 8.42 Å². The van der Waals surface area contributed by atoms with E-state index in [4.69, 9.17) is 0 Å². The predicted octanol–water partition coefficient (Wildman–Crippen LogP) is 3.10. The summed E-state index contributed by atoms with van der Waals surface area (Å²) in [5.41, 5.74) is 3.65. The average Bonchev–Trinajstić information content (AvgIpc) is 2.79. The van der Waals surface area contributed by atoms with Crippen molar-refractivity contribution in [3.8, 4) is 0 Å². The van der Waals surface area contributed by atoms with Crippen LogP contribution in [0.2, 0.25) is 0 Å². The number of hydrogen-bond donors (Lipinski definition) is 1. The Morgan fingerprint density at radius 1 is 1.08 bits per heavy atom. The molecule has 25 heavy (non-hydrogen) atoms. The monoisotopic (exact) mass is 363 g/mol. The molecule has 138 valence electrons. The summed E-state index contributed by atoms with van der Waals surface area (Å²) >= 11 is 0. The van der Waals surface area contributed by atoms with E-state index in [1.165, 1.54) is 0 Å². The standard InChI is InChI=1S/C19H29N3O2S/c1-6-22(7-2)12-8-11-20-19-16(5)18(25(23,24)21-19)17-10-9-14(3)15(4)13-17/h9-10,13H,6-8,11-12H2,1-5H3,(H,20,21). The zero-order valence-electron chi connectivity index (χ0n) is 15.9. The number of amidine groups is 1. The van der Waals surface area contributed by atoms with Crippen molar-refractivity contribution in [2.75, 3.05) is 26.2 Å². The van der Waals surface area contributed by atoms with Gasteiger partial charge < -0.3 is 4.90 Å². The summed E-state index contributed by atoms with van der Waals surface area (Å²) in [4.78, 5) is 7.18. The van der Waals surface area contributed by atoms with Gasteiger partial charge in [0.25, 0.3) is 10.0 Å². The van der Waals surface area contributed by atoms with Crippen molar-refractivity contribution >= 4 is 20.8 Å². The molecule has 0 amide bonds. The van der Waals surface area contributed by atoms with Crippen LogP contribution < -0.4 is 4.72 Å². The molecule has 0 saturated heterocycles. The molecular formula is C19H29N3O2S. The van der Waals surface area contributed by atoms with Gasteiger partial charge in [0.05, 0.1) is 0 Å². The largest absolute Gasteiger partial charge is 0.304 e. The highest BCUT2D eigenvalue weighted by Gasteiger charge is 2.32. The third-order valence-electron chi connectivity index (χ3n) is 4.76. The molecule has 0 saturated carbocycles. The lowest BCUT2D eigenvalue weighted by Gasteiger charge is -2.16. The lowest BCUT2D eigenvalue weighted by atomic mass is 10.0. The van der Waals surface area contributed by atoms with Gasteiger partial charge in [0, 0.05) is 12.1 Å². The summed E-state index contributed by atoms with van der Waals surface area (Å²) in [5, 5.41) is 0. The first-order valence-corrected chi connectivity index (χ1v) is 10.4. The number of aliphatic imine (C=N–C) groups is 1. The maximum absolute atomic E-state index is 12.6. The van der Waals surface area contributed by atoms with Gasteiger partial charge in [0.2, 0.25) is 0 Å². The van der Waals surface area contributed by atoms with Gasteiger partial charge in [-0.05, 0) is 63.5 Å². The fraction of sp³-hybridized carbons (Fsp3) is 0.526. The van der Waals surface area contributed by atoms with Crippen LogP contribution in [-0.2, 0) is 10.0 Å². The van der Waals surface area contributed by atoms with Crippen LogP contribution in [0, 0.1) is 13.8 Å². The zero-order valence-corrected chi connectivity index (χ0v) is 16.7. The Hall–Kier alpha value is -1.66. The Balaban J connectivity index is 2.21. The Morgan fingerprint density at radius 3 is 2.36 bits per heavy atom. The molecule has 0 unspecified atom stereocenters. The number of benzene rings is 1. The highest BCUT2D eigenvalue weighted by atomic mass is 32.2. The fourth-order valence-electron chi connectivity index (χ4n) is 2.99. The number of sulfonamides is 1. The highest BCUT2D eigenvalue weighted by molar-refractivity contribution is 8.00. The van der Waals surface area contributed by atoms with Crippen LogP contribution in [0.15, 0.2) is 28.8 Å². The van der Waals surface area contributed by atoms with E-state index in [0.29, 0.717) is 22.9 Å². The van der Waals surface area contributed by atoms with E-state index in [0.717, 1.165) is 42.7 Å². The molecule has 0 atom stereocenters. The first-order valence-electron chi connectivity index (χ1n) is 8.88. The SMILES string of the molecule is CCN(CC)CCCN=C1NS(=O)(=O)C(c2ccc(C)c(C)c2)=C1C. The van der Waals surface area contributed by atoms with Gasteiger partial charge in [0.15, 0.2) is 0 Å². The zero-order chi connectivity index (χ0) is 18.6. The van der Waals surface area contributed by atoms with Crippen molar-refractivity contribution in [3.63, 3.8) is 0 Å². The Labute approximate surface area is 151 Å². The molecule has 1 aliphatic rings. The number of aryl methyl sites for hydroxylation is 2. The third kappa shape index (κ3) is 4.50. The summed E-state index contributed by atoms with van der Waals surface area (Å²) in [6.07, 6.45) is 0.916. The van der Waals surface area contributed by atoms with Crippen LogP contribution in [0.25, 0.3) is 4.91 Å². The Morgan fingerprint density at radius 2 is 1.76 bits per heavy atom. The molecule has 1 aliphatic heterocycles. The van der Waals surface area contributed by atoms with Crippen molar-refractivity contribution in [2.24, 2.45) is 4.99 Å². The topological polar surface area (TPSA) is 61.8 Å². The number of hydrogen-bond acceptors (Lipinski definition) is 4. The fourth-order valence-corrected chi connectivity index (χ4v) is 4.51. The first-order chi connectivity index (χ1) is 11.8. The van der Waals surface area contributed by atoms with Crippen molar-refractivity contribution in [1.82, 2.24) is 9.62 Å². The van der Waals surface area contributed by atoms with E-state index in [1.807, 2.05) is 39.0 Å². The van der Waals surface area contributed by atoms with E-state index >= 15 is 0 Å². The molecule has 1 heterocycles. The molecule has 0 aliphatic carbocycles. The van der Waals surface area contributed by atoms with E-state index in [9.17, 15) is 8.42 Å². The van der Waals surface area contributed by atoms with Crippen LogP contribution in [0.5, 0.6) is 0 Å². The van der Waals surface area contributed by atoms with Gasteiger partial charge in [-0.1, -0.05) is 32.0 Å². The molecular weight excluding hydrogens is 334 g/mol. The molecule has 0 spiro atoms. The second kappa shape index (κ2) is 8.15. The average molecular weight is 364 g/mol. The Kier molecular flexibility index (Phi) is 6.41. The van der Waals surface area contributed by atoms with Crippen LogP contribution in [0.1, 0.15) is 43.9 Å². The lowest BCUT2D eigenvalue weighted by molar-refractivity contribution is 0.302. The van der Waals surface area contributed by atoms with Gasteiger partial charge in [-0.15, -0.1) is 0 Å². The smallest absolute Gasteiger partial charge is 0.264 e. The Bertz CT molecular complexity index is 791. The lowest BCUT2D eigenvalue weighted by Crippen LogP contribution is -2.26. The minimum absolute atomic E-state index is 0.345. The molecule has 0 aromatic heterocycles. The molecule has 0 fully saturated rings. The van der Waals surface area contributed by atoms with Gasteiger partial charge in [0.1, 0.15) is 10.7 Å². The number of rotatable bonds is 7. The van der Waals surface area contributed by atoms with Crippen LogP contribution in [0.4, 0.5) is 0 Å². The van der Waals surface area contributed by atoms with Crippen molar-refractivity contribution in [1.29, 1.82) is 0 Å². The third-order valence-corrected chi connectivity index (χ3v) is 6.30. The second-order valence-corrected chi connectivity index (χ2v) is 8.09. The first kappa shape index (κ1) is 19.7. The summed E-state index contributed by atoms with van der Waals surface area (Å²) in [6, 6.07) is 5.75. The van der Waals surface area contributed by atoms with E-state index in [-0.39, 0.29) is 0 Å². The summed E-state index contributed by atoms with van der Waals surface area (Å²) in [5.74, 6) is 0.479. The predicted molar refractivity (Wildman–Crippen MR) is 105 cm³/mol. The van der Waals surface area contributed by atoms with E-state index in [1.54, 1.807) is 0 Å². The van der Waals surface area contributed by atoms with Crippen LogP contribution in [-0.4, -0.2) is 45.3 Å². The maximum Gasteiger partial charge on any atom is 0.264 e. The minimum Gasteiger partial charge on any atom is -0.304 e. The molecule has 0 bridgehead atoms. The van der Waals surface area contributed by atoms with Crippen LogP contribution >= 0.6 is 0 Å². The van der Waals surface area contributed by atoms with Gasteiger partial charge >= 0.3 is 0 Å². The van der Waals surface area contributed by atoms with Crippen molar-refractivity contribution in [3.05, 3.63) is 40.5 Å². The van der Waals surface area contributed by atoms with Crippen molar-refractivity contribution in [2.45, 2.75) is 41.0 Å². The number of nitrogens with one attached hydrogen (secondary N) is 1. The van der Waals surface area contributed by atoms with E-state index < -0.39 is 10.0 Å². The minimum atomic E-state index is -3.54. The summed E-state index contributed by atoms with van der Waals surface area (Å²) < 4.78 is 27.7. The van der Waals surface area contributed by atoms with Gasteiger partial charge in [-0.2, -0.15) is 0 Å². The quantitative estimate of drug-likeness (QED) is 0.757. The summed E-state index contributed by atoms with van der Waals surface area (Å²) in [6.45, 7) is 13.8. The normalized spacial score (nSPS) is 18.2. The molecule has 1 aromatic rings. The number of nitrogens with zero attached hydrogens (tertiary/aromatic N) is 2. The maximum atomic E-state index is 12.6. The molecule has 2 rings (SSSR count). The molecule has 1 N–H and O–H groups in total.